The number of fused-ring (bicyclic) bond motifs is 1. The lowest BCUT2D eigenvalue weighted by Crippen LogP contribution is -2.22. The molecule has 9 heteroatoms. The van der Waals surface area contributed by atoms with Crippen LogP contribution in [0, 0.1) is 17.0 Å². The number of nitrogens with one attached hydrogen (secondary N) is 1. The van der Waals surface area contributed by atoms with E-state index in [1.807, 2.05) is 49.9 Å². The summed E-state index contributed by atoms with van der Waals surface area (Å²) in [6.07, 6.45) is 6.40. The van der Waals surface area contributed by atoms with Gasteiger partial charge in [-0.1, -0.05) is 18.2 Å². The number of nitro groups is 1. The second kappa shape index (κ2) is 8.43. The fourth-order valence-corrected chi connectivity index (χ4v) is 4.40. The first-order chi connectivity index (χ1) is 16.4. The third-order valence-electron chi connectivity index (χ3n) is 6.07. The van der Waals surface area contributed by atoms with Gasteiger partial charge >= 0.3 is 0 Å². The van der Waals surface area contributed by atoms with Crippen LogP contribution in [0.1, 0.15) is 23.2 Å². The van der Waals surface area contributed by atoms with Crippen molar-refractivity contribution in [2.24, 2.45) is 0 Å². The Hall–Kier alpha value is -4.53. The van der Waals surface area contributed by atoms with Gasteiger partial charge in [0.2, 0.25) is 0 Å². The fraction of sp³-hybridized carbons (Fsp3) is 0.160. The summed E-state index contributed by atoms with van der Waals surface area (Å²) in [5.41, 5.74) is 3.58. The second-order valence-electron chi connectivity index (χ2n) is 8.17. The highest BCUT2D eigenvalue weighted by molar-refractivity contribution is 6.50. The molecule has 2 amide bonds. The van der Waals surface area contributed by atoms with Gasteiger partial charge in [-0.05, 0) is 37.1 Å². The van der Waals surface area contributed by atoms with Crippen LogP contribution in [0.2, 0.25) is 0 Å². The van der Waals surface area contributed by atoms with Gasteiger partial charge in [0.1, 0.15) is 0 Å². The standard InChI is InChI=1S/C25H21N5O4/c1-16-13-26-15-29(16)12-4-11-28-14-20(19-5-2-3-6-21(19)28)23-22(24(31)27-25(23)32)17-7-9-18(10-8-17)30(33)34/h2-3,5-10,13-15H,4,11-12H2,1H3,(H,27,31,32). The lowest BCUT2D eigenvalue weighted by molar-refractivity contribution is -0.384. The molecular weight excluding hydrogens is 434 g/mol. The van der Waals surface area contributed by atoms with Crippen LogP contribution >= 0.6 is 0 Å². The summed E-state index contributed by atoms with van der Waals surface area (Å²) in [7, 11) is 0. The minimum absolute atomic E-state index is 0.0830. The molecule has 0 fully saturated rings. The summed E-state index contributed by atoms with van der Waals surface area (Å²) in [5.74, 6) is -0.989. The molecule has 0 atom stereocenters. The molecule has 0 aliphatic carbocycles. The Bertz CT molecular complexity index is 1480. The predicted molar refractivity (Wildman–Crippen MR) is 127 cm³/mol. The fourth-order valence-electron chi connectivity index (χ4n) is 4.40. The number of hydrogen-bond acceptors (Lipinski definition) is 5. The summed E-state index contributed by atoms with van der Waals surface area (Å²) >= 11 is 0. The van der Waals surface area contributed by atoms with E-state index in [0.717, 1.165) is 29.6 Å². The van der Waals surface area contributed by atoms with E-state index >= 15 is 0 Å². The monoisotopic (exact) mass is 455 g/mol. The van der Waals surface area contributed by atoms with E-state index in [2.05, 4.69) is 19.4 Å². The van der Waals surface area contributed by atoms with Crippen LogP contribution in [-0.4, -0.2) is 30.9 Å². The van der Waals surface area contributed by atoms with Crippen LogP contribution in [0.5, 0.6) is 0 Å². The zero-order valence-corrected chi connectivity index (χ0v) is 18.4. The number of non-ortho nitro benzene ring substituents is 1. The van der Waals surface area contributed by atoms with Gasteiger partial charge in [-0.15, -0.1) is 0 Å². The van der Waals surface area contributed by atoms with Crippen molar-refractivity contribution in [3.63, 3.8) is 0 Å². The van der Waals surface area contributed by atoms with Crippen LogP contribution in [0.15, 0.2) is 67.3 Å². The first kappa shape index (κ1) is 21.3. The maximum absolute atomic E-state index is 12.9. The number of carbonyl (C=O) groups excluding carboxylic acids is 2. The highest BCUT2D eigenvalue weighted by Crippen LogP contribution is 2.36. The van der Waals surface area contributed by atoms with E-state index < -0.39 is 16.7 Å². The molecule has 5 rings (SSSR count). The molecular formula is C25H21N5O4. The predicted octanol–water partition coefficient (Wildman–Crippen LogP) is 3.71. The molecule has 2 aromatic carbocycles. The van der Waals surface area contributed by atoms with Gasteiger partial charge in [-0.2, -0.15) is 0 Å². The quantitative estimate of drug-likeness (QED) is 0.259. The molecule has 1 aliphatic heterocycles. The Labute approximate surface area is 194 Å². The number of hydrogen-bond donors (Lipinski definition) is 1. The molecule has 34 heavy (non-hydrogen) atoms. The van der Waals surface area contributed by atoms with Crippen molar-refractivity contribution in [1.29, 1.82) is 0 Å². The minimum Gasteiger partial charge on any atom is -0.347 e. The van der Waals surface area contributed by atoms with Gasteiger partial charge in [0.05, 0.1) is 22.4 Å². The highest BCUT2D eigenvalue weighted by atomic mass is 16.6. The number of nitro benzene ring substituents is 1. The van der Waals surface area contributed by atoms with E-state index in [4.69, 9.17) is 0 Å². The van der Waals surface area contributed by atoms with E-state index in [1.165, 1.54) is 24.3 Å². The van der Waals surface area contributed by atoms with Crippen molar-refractivity contribution >= 4 is 39.6 Å². The number of nitrogens with zero attached hydrogens (tertiary/aromatic N) is 4. The molecule has 0 bridgehead atoms. The van der Waals surface area contributed by atoms with Crippen molar-refractivity contribution in [2.75, 3.05) is 0 Å². The zero-order chi connectivity index (χ0) is 23.8. The lowest BCUT2D eigenvalue weighted by Gasteiger charge is -2.07. The summed E-state index contributed by atoms with van der Waals surface area (Å²) < 4.78 is 4.18. The van der Waals surface area contributed by atoms with Crippen LogP contribution in [0.25, 0.3) is 22.0 Å². The smallest absolute Gasteiger partial charge is 0.269 e. The number of amides is 2. The van der Waals surface area contributed by atoms with E-state index in [1.54, 1.807) is 0 Å². The Balaban J connectivity index is 1.56. The van der Waals surface area contributed by atoms with E-state index in [9.17, 15) is 19.7 Å². The molecule has 3 heterocycles. The van der Waals surface area contributed by atoms with Crippen molar-refractivity contribution in [2.45, 2.75) is 26.4 Å². The first-order valence-electron chi connectivity index (χ1n) is 10.8. The molecule has 0 spiro atoms. The molecule has 0 unspecified atom stereocenters. The summed E-state index contributed by atoms with van der Waals surface area (Å²) in [6, 6.07) is 13.4. The first-order valence-corrected chi connectivity index (χ1v) is 10.8. The third kappa shape index (κ3) is 3.66. The average Bonchev–Trinajstić information content (AvgIpc) is 3.49. The second-order valence-corrected chi connectivity index (χ2v) is 8.17. The average molecular weight is 455 g/mol. The van der Waals surface area contributed by atoms with E-state index in [-0.39, 0.29) is 16.8 Å². The topological polar surface area (TPSA) is 112 Å². The van der Waals surface area contributed by atoms with Crippen molar-refractivity contribution < 1.29 is 14.5 Å². The molecule has 170 valence electrons. The molecule has 0 radical (unpaired) electrons. The maximum Gasteiger partial charge on any atom is 0.269 e. The summed E-state index contributed by atoms with van der Waals surface area (Å²) in [5, 5.41) is 14.3. The van der Waals surface area contributed by atoms with E-state index in [0.29, 0.717) is 17.7 Å². The van der Waals surface area contributed by atoms with Crippen LogP contribution in [-0.2, 0) is 22.7 Å². The molecule has 4 aromatic rings. The van der Waals surface area contributed by atoms with Crippen LogP contribution in [0.3, 0.4) is 0 Å². The third-order valence-corrected chi connectivity index (χ3v) is 6.07. The SMILES string of the molecule is Cc1cncn1CCCn1cc(C2=C(c3ccc([N+](=O)[O-])cc3)C(=O)NC2=O)c2ccccc21. The molecule has 1 aliphatic rings. The number of imidazole rings is 1. The Morgan fingerprint density at radius 3 is 2.38 bits per heavy atom. The Morgan fingerprint density at radius 2 is 1.68 bits per heavy atom. The van der Waals surface area contributed by atoms with Gasteiger partial charge in [0, 0.05) is 59.8 Å². The van der Waals surface area contributed by atoms with Crippen LogP contribution < -0.4 is 5.32 Å². The lowest BCUT2D eigenvalue weighted by atomic mass is 9.96. The van der Waals surface area contributed by atoms with Crippen molar-refractivity contribution in [3.8, 4) is 0 Å². The van der Waals surface area contributed by atoms with Gasteiger partial charge < -0.3 is 9.13 Å². The maximum atomic E-state index is 12.9. The number of rotatable bonds is 7. The number of aromatic nitrogens is 3. The van der Waals surface area contributed by atoms with Gasteiger partial charge in [0.25, 0.3) is 17.5 Å². The molecule has 0 saturated heterocycles. The van der Waals surface area contributed by atoms with Crippen molar-refractivity contribution in [3.05, 3.63) is 94.2 Å². The number of imide groups is 1. The number of para-hydroxylation sites is 1. The molecule has 9 nitrogen and oxygen atoms in total. The largest absolute Gasteiger partial charge is 0.347 e. The molecule has 2 aromatic heterocycles. The number of benzene rings is 2. The van der Waals surface area contributed by atoms with Crippen molar-refractivity contribution in [1.82, 2.24) is 19.4 Å². The minimum atomic E-state index is -0.513. The zero-order valence-electron chi connectivity index (χ0n) is 18.4. The van der Waals surface area contributed by atoms with Gasteiger partial charge in [0.15, 0.2) is 0 Å². The highest BCUT2D eigenvalue weighted by Gasteiger charge is 2.34. The van der Waals surface area contributed by atoms with Crippen LogP contribution in [0.4, 0.5) is 5.69 Å². The number of carbonyl (C=O) groups is 2. The Kier molecular flexibility index (Phi) is 5.29. The summed E-state index contributed by atoms with van der Waals surface area (Å²) in [4.78, 5) is 40.3. The normalized spacial score (nSPS) is 13.7. The van der Waals surface area contributed by atoms with Gasteiger partial charge in [-0.25, -0.2) is 4.98 Å². The Morgan fingerprint density at radius 1 is 0.971 bits per heavy atom. The molecule has 0 saturated carbocycles. The van der Waals surface area contributed by atoms with Gasteiger partial charge in [-0.3, -0.25) is 25.0 Å². The number of aryl methyl sites for hydroxylation is 3. The molecule has 1 N–H and O–H groups in total. The summed E-state index contributed by atoms with van der Waals surface area (Å²) in [6.45, 7) is 3.54.